The molecule has 0 radical (unpaired) electrons. The Kier molecular flexibility index (Phi) is 14.5. The highest BCUT2D eigenvalue weighted by Crippen LogP contribution is 2.26. The fourth-order valence-corrected chi connectivity index (χ4v) is 5.25. The first-order chi connectivity index (χ1) is 19.9. The Balaban J connectivity index is 2.18. The Labute approximate surface area is 250 Å². The van der Waals surface area contributed by atoms with Crippen LogP contribution in [0, 0.1) is 11.8 Å². The van der Waals surface area contributed by atoms with Gasteiger partial charge in [0, 0.05) is 12.5 Å². The molecule has 0 spiro atoms. The molecule has 0 saturated heterocycles. The summed E-state index contributed by atoms with van der Waals surface area (Å²) < 4.78 is 5.14. The van der Waals surface area contributed by atoms with E-state index >= 15 is 0 Å². The minimum atomic E-state index is -1.06. The summed E-state index contributed by atoms with van der Waals surface area (Å²) in [6.45, 7) is 10.7. The topological polar surface area (TPSA) is 143 Å². The SMILES string of the molecule is CCC[C@H](NC(=O)[C@H](Cc1ccccc1)NC(=O)[C@@H](NC(=O)OC(C)C)C(C)C)C(=O)C(=O)N[C@@H](C)C1CCCCC1. The van der Waals surface area contributed by atoms with Crippen molar-refractivity contribution in [2.24, 2.45) is 11.8 Å². The molecule has 4 amide bonds. The minimum absolute atomic E-state index is 0.132. The molecule has 0 heterocycles. The lowest BCUT2D eigenvalue weighted by molar-refractivity contribution is -0.141. The Morgan fingerprint density at radius 2 is 1.43 bits per heavy atom. The molecule has 0 bridgehead atoms. The lowest BCUT2D eigenvalue weighted by Crippen LogP contribution is -2.58. The van der Waals surface area contributed by atoms with Crippen LogP contribution in [0.15, 0.2) is 30.3 Å². The first-order valence-corrected chi connectivity index (χ1v) is 15.4. The van der Waals surface area contributed by atoms with Crippen LogP contribution in [-0.4, -0.2) is 59.9 Å². The van der Waals surface area contributed by atoms with Gasteiger partial charge in [0.1, 0.15) is 12.1 Å². The van der Waals surface area contributed by atoms with Gasteiger partial charge in [-0.1, -0.05) is 76.8 Å². The van der Waals surface area contributed by atoms with Crippen molar-refractivity contribution in [1.29, 1.82) is 0 Å². The number of ketones is 1. The maximum atomic E-state index is 13.6. The second-order valence-electron chi connectivity index (χ2n) is 11.9. The quantitative estimate of drug-likeness (QED) is 0.230. The predicted molar refractivity (Wildman–Crippen MR) is 161 cm³/mol. The van der Waals surface area contributed by atoms with Crippen molar-refractivity contribution in [3.63, 3.8) is 0 Å². The number of carbonyl (C=O) groups is 5. The van der Waals surface area contributed by atoms with E-state index in [1.807, 2.05) is 44.2 Å². The zero-order valence-electron chi connectivity index (χ0n) is 26.0. The number of amides is 4. The van der Waals surface area contributed by atoms with Crippen molar-refractivity contribution in [2.45, 2.75) is 123 Å². The molecule has 1 saturated carbocycles. The van der Waals surface area contributed by atoms with Gasteiger partial charge in [0.2, 0.25) is 17.6 Å². The molecule has 1 fully saturated rings. The van der Waals surface area contributed by atoms with E-state index in [4.69, 9.17) is 4.74 Å². The Morgan fingerprint density at radius 3 is 2.00 bits per heavy atom. The van der Waals surface area contributed by atoms with Crippen molar-refractivity contribution < 1.29 is 28.7 Å². The van der Waals surface area contributed by atoms with Crippen LogP contribution in [0.2, 0.25) is 0 Å². The number of hydrogen-bond acceptors (Lipinski definition) is 6. The normalized spacial score (nSPS) is 16.6. The lowest BCUT2D eigenvalue weighted by Gasteiger charge is -2.29. The zero-order chi connectivity index (χ0) is 31.2. The summed E-state index contributed by atoms with van der Waals surface area (Å²) in [5, 5.41) is 10.9. The molecule has 4 N–H and O–H groups in total. The number of hydrogen-bond donors (Lipinski definition) is 4. The number of benzene rings is 1. The van der Waals surface area contributed by atoms with Crippen molar-refractivity contribution in [3.8, 4) is 0 Å². The predicted octanol–water partition coefficient (Wildman–Crippen LogP) is 3.81. The van der Waals surface area contributed by atoms with Gasteiger partial charge in [-0.2, -0.15) is 0 Å². The molecule has 1 aliphatic carbocycles. The highest BCUT2D eigenvalue weighted by molar-refractivity contribution is 6.38. The molecule has 234 valence electrons. The van der Waals surface area contributed by atoms with E-state index in [1.54, 1.807) is 27.7 Å². The van der Waals surface area contributed by atoms with Crippen LogP contribution in [0.1, 0.15) is 92.1 Å². The average Bonchev–Trinajstić information content (AvgIpc) is 2.95. The highest BCUT2D eigenvalue weighted by Gasteiger charge is 2.33. The summed E-state index contributed by atoms with van der Waals surface area (Å²) in [5.41, 5.74) is 0.795. The van der Waals surface area contributed by atoms with E-state index in [0.717, 1.165) is 31.2 Å². The van der Waals surface area contributed by atoms with Gasteiger partial charge in [0.15, 0.2) is 0 Å². The van der Waals surface area contributed by atoms with Gasteiger partial charge < -0.3 is 26.0 Å². The van der Waals surface area contributed by atoms with E-state index in [2.05, 4.69) is 21.3 Å². The zero-order valence-corrected chi connectivity index (χ0v) is 26.0. The van der Waals surface area contributed by atoms with Crippen molar-refractivity contribution in [2.75, 3.05) is 0 Å². The molecular formula is C32H50N4O6. The van der Waals surface area contributed by atoms with E-state index in [1.165, 1.54) is 6.42 Å². The van der Waals surface area contributed by atoms with Crippen molar-refractivity contribution in [1.82, 2.24) is 21.3 Å². The molecular weight excluding hydrogens is 536 g/mol. The standard InChI is InChI=1S/C32H50N4O6/c1-7-14-25(28(37)31(40)33-22(6)24-17-12-9-13-18-24)34-29(38)26(19-23-15-10-8-11-16-23)35-30(39)27(20(2)3)36-32(41)42-21(4)5/h8,10-11,15-16,20-22,24-27H,7,9,12-14,17-19H2,1-6H3,(H,33,40)(H,34,38)(H,35,39)(H,36,41)/t22-,25-,26-,27-/m0/s1. The smallest absolute Gasteiger partial charge is 0.408 e. The molecule has 1 aromatic carbocycles. The van der Waals surface area contributed by atoms with E-state index < -0.39 is 47.7 Å². The Bertz CT molecular complexity index is 1040. The Morgan fingerprint density at radius 1 is 0.810 bits per heavy atom. The number of alkyl carbamates (subject to hydrolysis) is 1. The number of nitrogens with one attached hydrogen (secondary N) is 4. The van der Waals surface area contributed by atoms with Gasteiger partial charge >= 0.3 is 6.09 Å². The maximum Gasteiger partial charge on any atom is 0.408 e. The third kappa shape index (κ3) is 11.4. The summed E-state index contributed by atoms with van der Waals surface area (Å²) in [7, 11) is 0. The fraction of sp³-hybridized carbons (Fsp3) is 0.656. The minimum Gasteiger partial charge on any atom is -0.447 e. The number of ether oxygens (including phenoxy) is 1. The number of Topliss-reactive ketones (excluding diaryl/α,β-unsaturated/α-hetero) is 1. The van der Waals surface area contributed by atoms with Gasteiger partial charge in [0.05, 0.1) is 12.1 Å². The summed E-state index contributed by atoms with van der Waals surface area (Å²) in [4.78, 5) is 65.4. The Hall–Kier alpha value is -3.43. The van der Waals surface area contributed by atoms with Crippen LogP contribution in [-0.2, 0) is 30.3 Å². The summed E-state index contributed by atoms with van der Waals surface area (Å²) in [6.07, 6.45) is 5.36. The van der Waals surface area contributed by atoms with Gasteiger partial charge in [-0.05, 0) is 57.4 Å². The molecule has 2 rings (SSSR count). The van der Waals surface area contributed by atoms with Crippen LogP contribution in [0.3, 0.4) is 0 Å². The molecule has 1 aromatic rings. The molecule has 0 aliphatic heterocycles. The molecule has 42 heavy (non-hydrogen) atoms. The average molecular weight is 587 g/mol. The summed E-state index contributed by atoms with van der Waals surface area (Å²) in [6, 6.07) is 5.99. The summed E-state index contributed by atoms with van der Waals surface area (Å²) >= 11 is 0. The molecule has 0 unspecified atom stereocenters. The molecule has 10 heteroatoms. The summed E-state index contributed by atoms with van der Waals surface area (Å²) in [5.74, 6) is -2.51. The fourth-order valence-electron chi connectivity index (χ4n) is 5.25. The van der Waals surface area contributed by atoms with Crippen LogP contribution in [0.4, 0.5) is 4.79 Å². The maximum absolute atomic E-state index is 13.6. The lowest BCUT2D eigenvalue weighted by atomic mass is 9.84. The third-order valence-corrected chi connectivity index (χ3v) is 7.63. The van der Waals surface area contributed by atoms with E-state index in [9.17, 15) is 24.0 Å². The molecule has 0 aromatic heterocycles. The molecule has 1 aliphatic rings. The molecule has 4 atom stereocenters. The van der Waals surface area contributed by atoms with Crippen molar-refractivity contribution >= 4 is 29.6 Å². The largest absolute Gasteiger partial charge is 0.447 e. The van der Waals surface area contributed by atoms with Crippen LogP contribution >= 0.6 is 0 Å². The molecule has 10 nitrogen and oxygen atoms in total. The van der Waals surface area contributed by atoms with Gasteiger partial charge in [-0.3, -0.25) is 19.2 Å². The number of rotatable bonds is 15. The third-order valence-electron chi connectivity index (χ3n) is 7.63. The first kappa shape index (κ1) is 34.8. The van der Waals surface area contributed by atoms with E-state index in [0.29, 0.717) is 12.3 Å². The van der Waals surface area contributed by atoms with Gasteiger partial charge in [-0.25, -0.2) is 4.79 Å². The van der Waals surface area contributed by atoms with Crippen molar-refractivity contribution in [3.05, 3.63) is 35.9 Å². The van der Waals surface area contributed by atoms with E-state index in [-0.39, 0.29) is 30.9 Å². The van der Waals surface area contributed by atoms with Gasteiger partial charge in [-0.15, -0.1) is 0 Å². The van der Waals surface area contributed by atoms with Crippen LogP contribution < -0.4 is 21.3 Å². The second kappa shape index (κ2) is 17.5. The van der Waals surface area contributed by atoms with Crippen LogP contribution in [0.25, 0.3) is 0 Å². The second-order valence-corrected chi connectivity index (χ2v) is 11.9. The van der Waals surface area contributed by atoms with Gasteiger partial charge in [0.25, 0.3) is 5.91 Å². The number of carbonyl (C=O) groups excluding carboxylic acids is 5. The highest BCUT2D eigenvalue weighted by atomic mass is 16.6. The monoisotopic (exact) mass is 586 g/mol. The first-order valence-electron chi connectivity index (χ1n) is 15.4. The van der Waals surface area contributed by atoms with Crippen LogP contribution in [0.5, 0.6) is 0 Å².